The number of nitrogens with one attached hydrogen (secondary N) is 1. The Morgan fingerprint density at radius 3 is 2.52 bits per heavy atom. The Balaban J connectivity index is 1.51. The van der Waals surface area contributed by atoms with Crippen molar-refractivity contribution in [2.75, 3.05) is 6.54 Å². The summed E-state index contributed by atoms with van der Waals surface area (Å²) in [6.07, 6.45) is 13.2. The molecule has 0 saturated heterocycles. The first-order valence-corrected chi connectivity index (χ1v) is 9.15. The number of carbonyl (C=O) groups excluding carboxylic acids is 1. The molecule has 2 aliphatic rings. The molecule has 3 heteroatoms. The maximum absolute atomic E-state index is 11.9. The zero-order valence-corrected chi connectivity index (χ0v) is 13.8. The third-order valence-electron chi connectivity index (χ3n) is 5.59. The van der Waals surface area contributed by atoms with Gasteiger partial charge in [-0.05, 0) is 62.7 Å². The molecule has 2 rings (SSSR count). The van der Waals surface area contributed by atoms with E-state index in [2.05, 4.69) is 12.2 Å². The molecule has 0 aromatic heterocycles. The molecule has 0 radical (unpaired) electrons. The summed E-state index contributed by atoms with van der Waals surface area (Å²) < 4.78 is 0. The molecule has 1 amide bonds. The van der Waals surface area contributed by atoms with Gasteiger partial charge >= 0.3 is 0 Å². The molecule has 2 atom stereocenters. The molecule has 2 saturated carbocycles. The van der Waals surface area contributed by atoms with Gasteiger partial charge in [-0.1, -0.05) is 26.2 Å². The van der Waals surface area contributed by atoms with Crippen LogP contribution in [0.1, 0.15) is 77.6 Å². The van der Waals surface area contributed by atoms with Crippen LogP contribution >= 0.6 is 0 Å². The summed E-state index contributed by atoms with van der Waals surface area (Å²) in [7, 11) is 0. The van der Waals surface area contributed by atoms with Crippen molar-refractivity contribution >= 4 is 5.91 Å². The second-order valence-electron chi connectivity index (χ2n) is 7.60. The van der Waals surface area contributed by atoms with Gasteiger partial charge in [0, 0.05) is 19.0 Å². The van der Waals surface area contributed by atoms with Gasteiger partial charge in [0.15, 0.2) is 0 Å². The third kappa shape index (κ3) is 6.37. The molecule has 0 bridgehead atoms. The largest absolute Gasteiger partial charge is 0.356 e. The van der Waals surface area contributed by atoms with E-state index in [9.17, 15) is 4.79 Å². The lowest BCUT2D eigenvalue weighted by Crippen LogP contribution is -2.29. The van der Waals surface area contributed by atoms with Crippen LogP contribution in [-0.4, -0.2) is 18.5 Å². The van der Waals surface area contributed by atoms with Gasteiger partial charge in [-0.15, -0.1) is 0 Å². The molecule has 3 N–H and O–H groups in total. The lowest BCUT2D eigenvalue weighted by molar-refractivity contribution is -0.121. The van der Waals surface area contributed by atoms with Gasteiger partial charge in [0.05, 0.1) is 0 Å². The number of rotatable bonds is 6. The Morgan fingerprint density at radius 2 is 1.81 bits per heavy atom. The lowest BCUT2D eigenvalue weighted by Gasteiger charge is -2.27. The van der Waals surface area contributed by atoms with E-state index in [0.29, 0.717) is 12.5 Å². The molecule has 0 aliphatic heterocycles. The van der Waals surface area contributed by atoms with Gasteiger partial charge in [0.25, 0.3) is 0 Å². The minimum absolute atomic E-state index is 0.258. The molecule has 0 spiro atoms. The second kappa shape index (κ2) is 8.77. The van der Waals surface area contributed by atoms with Crippen molar-refractivity contribution in [2.45, 2.75) is 83.6 Å². The summed E-state index contributed by atoms with van der Waals surface area (Å²) in [4.78, 5) is 11.9. The molecule has 0 aromatic carbocycles. The fourth-order valence-corrected chi connectivity index (χ4v) is 4.14. The first-order valence-electron chi connectivity index (χ1n) is 9.15. The molecule has 2 fully saturated rings. The standard InChI is InChI=1S/C18H34N2O/c1-14-3-2-4-16(13-14)11-12-20-18(21)10-7-15-5-8-17(19)9-6-15/h14-17H,2-13,19H2,1H3,(H,20,21). The molecule has 0 heterocycles. The van der Waals surface area contributed by atoms with Crippen molar-refractivity contribution in [3.8, 4) is 0 Å². The fourth-order valence-electron chi connectivity index (χ4n) is 4.14. The Hall–Kier alpha value is -0.570. The van der Waals surface area contributed by atoms with E-state index >= 15 is 0 Å². The maximum atomic E-state index is 11.9. The van der Waals surface area contributed by atoms with Crippen LogP contribution in [0, 0.1) is 17.8 Å². The van der Waals surface area contributed by atoms with E-state index in [0.717, 1.165) is 43.6 Å². The third-order valence-corrected chi connectivity index (χ3v) is 5.59. The highest BCUT2D eigenvalue weighted by Gasteiger charge is 2.20. The highest BCUT2D eigenvalue weighted by Crippen LogP contribution is 2.30. The second-order valence-corrected chi connectivity index (χ2v) is 7.60. The van der Waals surface area contributed by atoms with Gasteiger partial charge < -0.3 is 11.1 Å². The zero-order chi connectivity index (χ0) is 15.1. The molecule has 2 aliphatic carbocycles. The van der Waals surface area contributed by atoms with Crippen molar-refractivity contribution < 1.29 is 4.79 Å². The highest BCUT2D eigenvalue weighted by molar-refractivity contribution is 5.75. The van der Waals surface area contributed by atoms with Crippen molar-refractivity contribution in [3.05, 3.63) is 0 Å². The van der Waals surface area contributed by atoms with E-state index in [1.54, 1.807) is 0 Å². The molecule has 3 nitrogen and oxygen atoms in total. The molecule has 21 heavy (non-hydrogen) atoms. The van der Waals surface area contributed by atoms with Crippen LogP contribution in [0.25, 0.3) is 0 Å². The zero-order valence-electron chi connectivity index (χ0n) is 13.8. The van der Waals surface area contributed by atoms with E-state index in [4.69, 9.17) is 5.73 Å². The molecule has 122 valence electrons. The predicted octanol–water partition coefficient (Wildman–Crippen LogP) is 3.62. The number of nitrogens with two attached hydrogens (primary N) is 1. The van der Waals surface area contributed by atoms with Gasteiger partial charge in [-0.25, -0.2) is 0 Å². The Kier molecular flexibility index (Phi) is 7.01. The van der Waals surface area contributed by atoms with Crippen molar-refractivity contribution in [1.29, 1.82) is 0 Å². The molecule has 0 aromatic rings. The van der Waals surface area contributed by atoms with Gasteiger partial charge in [0.2, 0.25) is 5.91 Å². The van der Waals surface area contributed by atoms with Gasteiger partial charge in [0.1, 0.15) is 0 Å². The van der Waals surface area contributed by atoms with E-state index in [1.807, 2.05) is 0 Å². The predicted molar refractivity (Wildman–Crippen MR) is 87.9 cm³/mol. The summed E-state index contributed by atoms with van der Waals surface area (Å²) in [6.45, 7) is 3.24. The molecular weight excluding hydrogens is 260 g/mol. The quantitative estimate of drug-likeness (QED) is 0.786. The van der Waals surface area contributed by atoms with Crippen LogP contribution in [0.15, 0.2) is 0 Å². The number of amides is 1. The average Bonchev–Trinajstić information content (AvgIpc) is 2.47. The van der Waals surface area contributed by atoms with Crippen LogP contribution in [0.5, 0.6) is 0 Å². The summed E-state index contributed by atoms with van der Waals surface area (Å²) in [5.74, 6) is 2.72. The van der Waals surface area contributed by atoms with E-state index in [-0.39, 0.29) is 5.91 Å². The fraction of sp³-hybridized carbons (Fsp3) is 0.944. The van der Waals surface area contributed by atoms with Crippen LogP contribution < -0.4 is 11.1 Å². The first-order chi connectivity index (χ1) is 10.1. The molecular formula is C18H34N2O. The Bertz CT molecular complexity index is 310. The van der Waals surface area contributed by atoms with E-state index in [1.165, 1.54) is 44.9 Å². The lowest BCUT2D eigenvalue weighted by atomic mass is 9.81. The number of carbonyl (C=O) groups is 1. The van der Waals surface area contributed by atoms with Gasteiger partial charge in [-0.2, -0.15) is 0 Å². The minimum atomic E-state index is 0.258. The number of hydrogen-bond donors (Lipinski definition) is 2. The summed E-state index contributed by atoms with van der Waals surface area (Å²) in [6, 6.07) is 0.410. The normalized spacial score (nSPS) is 33.6. The topological polar surface area (TPSA) is 55.1 Å². The minimum Gasteiger partial charge on any atom is -0.356 e. The van der Waals surface area contributed by atoms with Crippen LogP contribution in [-0.2, 0) is 4.79 Å². The van der Waals surface area contributed by atoms with Crippen molar-refractivity contribution in [3.63, 3.8) is 0 Å². The Labute approximate surface area is 130 Å². The highest BCUT2D eigenvalue weighted by atomic mass is 16.1. The monoisotopic (exact) mass is 294 g/mol. The summed E-state index contributed by atoms with van der Waals surface area (Å²) in [5, 5.41) is 3.13. The smallest absolute Gasteiger partial charge is 0.220 e. The van der Waals surface area contributed by atoms with Crippen LogP contribution in [0.4, 0.5) is 0 Å². The SMILES string of the molecule is CC1CCCC(CCNC(=O)CCC2CCC(N)CC2)C1. The van der Waals surface area contributed by atoms with Crippen molar-refractivity contribution in [2.24, 2.45) is 23.5 Å². The van der Waals surface area contributed by atoms with Crippen LogP contribution in [0.2, 0.25) is 0 Å². The molecule has 2 unspecified atom stereocenters. The van der Waals surface area contributed by atoms with Gasteiger partial charge in [-0.3, -0.25) is 4.79 Å². The maximum Gasteiger partial charge on any atom is 0.220 e. The number of hydrogen-bond acceptors (Lipinski definition) is 2. The Morgan fingerprint density at radius 1 is 1.05 bits per heavy atom. The first kappa shape index (κ1) is 16.8. The van der Waals surface area contributed by atoms with Crippen molar-refractivity contribution in [1.82, 2.24) is 5.32 Å². The van der Waals surface area contributed by atoms with E-state index < -0.39 is 0 Å². The summed E-state index contributed by atoms with van der Waals surface area (Å²) >= 11 is 0. The van der Waals surface area contributed by atoms with Crippen LogP contribution in [0.3, 0.4) is 0 Å². The summed E-state index contributed by atoms with van der Waals surface area (Å²) in [5.41, 5.74) is 5.92. The average molecular weight is 294 g/mol.